The average Bonchev–Trinajstić information content (AvgIpc) is 2.90. The highest BCUT2D eigenvalue weighted by Crippen LogP contribution is 2.40. The summed E-state index contributed by atoms with van der Waals surface area (Å²) in [5.74, 6) is 1.42. The first-order chi connectivity index (χ1) is 10.2. The summed E-state index contributed by atoms with van der Waals surface area (Å²) in [7, 11) is 0. The molecule has 3 rings (SSSR count). The molecular formula is C15H15BrClNO3. The molecule has 0 saturated carbocycles. The Hall–Kier alpha value is -1.17. The lowest BCUT2D eigenvalue weighted by atomic mass is 10.0. The quantitative estimate of drug-likeness (QED) is 0.875. The number of furan rings is 1. The Balaban J connectivity index is 2.05. The summed E-state index contributed by atoms with van der Waals surface area (Å²) < 4.78 is 17.2. The van der Waals surface area contributed by atoms with Crippen LogP contribution in [-0.4, -0.2) is 19.8 Å². The summed E-state index contributed by atoms with van der Waals surface area (Å²) in [6.07, 6.45) is 1.65. The van der Waals surface area contributed by atoms with E-state index in [0.29, 0.717) is 28.7 Å². The maximum Gasteiger partial charge on any atom is 0.174 e. The van der Waals surface area contributed by atoms with Gasteiger partial charge in [-0.2, -0.15) is 0 Å². The van der Waals surface area contributed by atoms with Crippen LogP contribution in [0.2, 0.25) is 5.02 Å². The maximum atomic E-state index is 6.44. The van der Waals surface area contributed by atoms with Gasteiger partial charge in [-0.25, -0.2) is 0 Å². The first-order valence-electron chi connectivity index (χ1n) is 6.76. The van der Waals surface area contributed by atoms with Crippen molar-refractivity contribution in [2.24, 2.45) is 0 Å². The first-order valence-corrected chi connectivity index (χ1v) is 7.93. The summed E-state index contributed by atoms with van der Waals surface area (Å²) >= 11 is 9.87. The third kappa shape index (κ3) is 2.91. The standard InChI is InChI=1S/C15H15BrClNO3/c1-2-18-14(9-3-4-21-15(9)16)10-7-12-13(8-11(10)17)20-6-5-19-12/h3-4,7-8,14,18H,2,5-6H2,1H3. The minimum atomic E-state index is -0.0774. The second kappa shape index (κ2) is 6.30. The molecule has 1 aromatic heterocycles. The lowest BCUT2D eigenvalue weighted by Crippen LogP contribution is -2.23. The second-order valence-electron chi connectivity index (χ2n) is 4.66. The Bertz CT molecular complexity index is 644. The predicted molar refractivity (Wildman–Crippen MR) is 84.4 cm³/mol. The zero-order valence-corrected chi connectivity index (χ0v) is 13.8. The monoisotopic (exact) mass is 371 g/mol. The van der Waals surface area contributed by atoms with Crippen molar-refractivity contribution >= 4 is 27.5 Å². The molecule has 2 heterocycles. The molecule has 0 amide bonds. The highest BCUT2D eigenvalue weighted by atomic mass is 79.9. The molecule has 1 N–H and O–H groups in total. The van der Waals surface area contributed by atoms with E-state index in [1.165, 1.54) is 0 Å². The van der Waals surface area contributed by atoms with Gasteiger partial charge in [0.15, 0.2) is 16.2 Å². The van der Waals surface area contributed by atoms with E-state index in [2.05, 4.69) is 21.2 Å². The van der Waals surface area contributed by atoms with Gasteiger partial charge in [0.1, 0.15) is 13.2 Å². The molecule has 0 spiro atoms. The summed E-state index contributed by atoms with van der Waals surface area (Å²) in [6, 6.07) is 5.59. The number of benzene rings is 1. The highest BCUT2D eigenvalue weighted by molar-refractivity contribution is 9.10. The smallest absolute Gasteiger partial charge is 0.174 e. The molecule has 0 aliphatic carbocycles. The van der Waals surface area contributed by atoms with Crippen molar-refractivity contribution in [2.45, 2.75) is 13.0 Å². The largest absolute Gasteiger partial charge is 0.486 e. The molecule has 0 radical (unpaired) electrons. The maximum absolute atomic E-state index is 6.44. The van der Waals surface area contributed by atoms with Crippen molar-refractivity contribution in [3.63, 3.8) is 0 Å². The minimum absolute atomic E-state index is 0.0774. The van der Waals surface area contributed by atoms with Gasteiger partial charge in [-0.3, -0.25) is 0 Å². The number of hydrogen-bond donors (Lipinski definition) is 1. The Morgan fingerprint density at radius 1 is 1.24 bits per heavy atom. The zero-order chi connectivity index (χ0) is 14.8. The van der Waals surface area contributed by atoms with Crippen molar-refractivity contribution in [1.29, 1.82) is 0 Å². The van der Waals surface area contributed by atoms with Crippen molar-refractivity contribution < 1.29 is 13.9 Å². The van der Waals surface area contributed by atoms with Gasteiger partial charge in [-0.15, -0.1) is 0 Å². The summed E-state index contributed by atoms with van der Waals surface area (Å²) in [6.45, 7) is 3.95. The van der Waals surface area contributed by atoms with E-state index in [4.69, 9.17) is 25.5 Å². The lowest BCUT2D eigenvalue weighted by molar-refractivity contribution is 0.171. The van der Waals surface area contributed by atoms with Crippen LogP contribution in [0, 0.1) is 0 Å². The van der Waals surface area contributed by atoms with Crippen LogP contribution in [0.3, 0.4) is 0 Å². The number of fused-ring (bicyclic) bond motifs is 1. The van der Waals surface area contributed by atoms with E-state index >= 15 is 0 Å². The van der Waals surface area contributed by atoms with Gasteiger partial charge >= 0.3 is 0 Å². The van der Waals surface area contributed by atoms with Gasteiger partial charge in [0, 0.05) is 16.7 Å². The third-order valence-corrected chi connectivity index (χ3v) is 4.31. The molecule has 1 unspecified atom stereocenters. The fourth-order valence-electron chi connectivity index (χ4n) is 2.40. The zero-order valence-electron chi connectivity index (χ0n) is 11.5. The number of rotatable bonds is 4. The molecule has 1 aliphatic rings. The minimum Gasteiger partial charge on any atom is -0.486 e. The van der Waals surface area contributed by atoms with E-state index in [-0.39, 0.29) is 6.04 Å². The number of hydrogen-bond acceptors (Lipinski definition) is 4. The summed E-state index contributed by atoms with van der Waals surface area (Å²) in [4.78, 5) is 0. The van der Waals surface area contributed by atoms with Gasteiger partial charge in [-0.1, -0.05) is 18.5 Å². The molecule has 6 heteroatoms. The Labute approximate surface area is 136 Å². The Morgan fingerprint density at radius 2 is 1.95 bits per heavy atom. The topological polar surface area (TPSA) is 43.6 Å². The molecule has 112 valence electrons. The summed E-state index contributed by atoms with van der Waals surface area (Å²) in [5.41, 5.74) is 1.93. The van der Waals surface area contributed by atoms with Crippen molar-refractivity contribution in [3.8, 4) is 11.5 Å². The van der Waals surface area contributed by atoms with Gasteiger partial charge in [0.05, 0.1) is 12.3 Å². The van der Waals surface area contributed by atoms with E-state index < -0.39 is 0 Å². The van der Waals surface area contributed by atoms with Crippen molar-refractivity contribution in [2.75, 3.05) is 19.8 Å². The van der Waals surface area contributed by atoms with Crippen LogP contribution in [-0.2, 0) is 0 Å². The normalized spacial score (nSPS) is 15.0. The molecule has 1 atom stereocenters. The van der Waals surface area contributed by atoms with E-state index in [0.717, 1.165) is 23.4 Å². The Morgan fingerprint density at radius 3 is 2.57 bits per heavy atom. The van der Waals surface area contributed by atoms with Crippen LogP contribution in [0.15, 0.2) is 33.5 Å². The number of ether oxygens (including phenoxy) is 2. The average molecular weight is 373 g/mol. The fraction of sp³-hybridized carbons (Fsp3) is 0.333. The van der Waals surface area contributed by atoms with Crippen LogP contribution in [0.5, 0.6) is 11.5 Å². The van der Waals surface area contributed by atoms with E-state index in [9.17, 15) is 0 Å². The molecule has 2 aromatic rings. The predicted octanol–water partition coefficient (Wildman–Crippen LogP) is 4.17. The van der Waals surface area contributed by atoms with Crippen molar-refractivity contribution in [3.05, 3.63) is 45.3 Å². The second-order valence-corrected chi connectivity index (χ2v) is 5.79. The van der Waals surface area contributed by atoms with Crippen molar-refractivity contribution in [1.82, 2.24) is 5.32 Å². The molecule has 0 fully saturated rings. The number of nitrogens with one attached hydrogen (secondary N) is 1. The van der Waals surface area contributed by atoms with Crippen LogP contribution in [0.1, 0.15) is 24.1 Å². The SMILES string of the molecule is CCNC(c1cc2c(cc1Cl)OCCO2)c1ccoc1Br. The van der Waals surface area contributed by atoms with E-state index in [1.807, 2.05) is 25.1 Å². The molecule has 0 bridgehead atoms. The van der Waals surface area contributed by atoms with Gasteiger partial charge in [-0.05, 0) is 40.2 Å². The molecule has 1 aromatic carbocycles. The highest BCUT2D eigenvalue weighted by Gasteiger charge is 2.24. The fourth-order valence-corrected chi connectivity index (χ4v) is 3.13. The Kier molecular flexibility index (Phi) is 4.42. The molecule has 21 heavy (non-hydrogen) atoms. The summed E-state index contributed by atoms with van der Waals surface area (Å²) in [5, 5.41) is 4.06. The van der Waals surface area contributed by atoms with Crippen LogP contribution in [0.4, 0.5) is 0 Å². The lowest BCUT2D eigenvalue weighted by Gasteiger charge is -2.23. The van der Waals surface area contributed by atoms with Gasteiger partial charge in [0.2, 0.25) is 0 Å². The van der Waals surface area contributed by atoms with Gasteiger partial charge < -0.3 is 19.2 Å². The molecule has 4 nitrogen and oxygen atoms in total. The molecule has 1 aliphatic heterocycles. The van der Waals surface area contributed by atoms with Crippen LogP contribution in [0.25, 0.3) is 0 Å². The van der Waals surface area contributed by atoms with E-state index in [1.54, 1.807) is 6.26 Å². The van der Waals surface area contributed by atoms with Crippen LogP contribution < -0.4 is 14.8 Å². The molecular weight excluding hydrogens is 358 g/mol. The third-order valence-electron chi connectivity index (χ3n) is 3.34. The first kappa shape index (κ1) is 14.8. The number of halogens is 2. The van der Waals surface area contributed by atoms with Gasteiger partial charge in [0.25, 0.3) is 0 Å². The molecule has 0 saturated heterocycles. The van der Waals surface area contributed by atoms with Crippen LogP contribution >= 0.6 is 27.5 Å².